The number of nitrogens with zero attached hydrogens (tertiary/aromatic N) is 5. The van der Waals surface area contributed by atoms with Gasteiger partial charge in [0, 0.05) is 45.0 Å². The molecule has 142 valence electrons. The van der Waals surface area contributed by atoms with Gasteiger partial charge in [0.1, 0.15) is 0 Å². The van der Waals surface area contributed by atoms with Gasteiger partial charge in [-0.3, -0.25) is 9.80 Å². The molecule has 2 aliphatic rings. The Labute approximate surface area is 154 Å². The first kappa shape index (κ1) is 18.6. The minimum atomic E-state index is 0.687. The van der Waals surface area contributed by atoms with Gasteiger partial charge in [0.15, 0.2) is 0 Å². The average Bonchev–Trinajstić information content (AvgIpc) is 3.10. The summed E-state index contributed by atoms with van der Waals surface area (Å²) in [5.74, 6) is 1.38. The Bertz CT molecular complexity index is 627. The molecule has 2 N–H and O–H groups in total. The van der Waals surface area contributed by atoms with Crippen LogP contribution >= 0.6 is 0 Å². The Hall–Kier alpha value is -2.16. The lowest BCUT2D eigenvalue weighted by Crippen LogP contribution is -2.44. The fraction of sp³-hybridized carbons (Fsp3) is 0.556. The maximum absolute atomic E-state index is 5.82. The van der Waals surface area contributed by atoms with Crippen molar-refractivity contribution >= 4 is 0 Å². The Balaban J connectivity index is 1.42. The van der Waals surface area contributed by atoms with Crippen molar-refractivity contribution in [3.8, 4) is 0 Å². The summed E-state index contributed by atoms with van der Waals surface area (Å²) in [6, 6.07) is 0. The van der Waals surface area contributed by atoms with E-state index in [0.29, 0.717) is 24.9 Å². The van der Waals surface area contributed by atoms with Crippen LogP contribution < -0.4 is 5.73 Å². The van der Waals surface area contributed by atoms with E-state index in [9.17, 15) is 0 Å². The van der Waals surface area contributed by atoms with E-state index in [-0.39, 0.29) is 0 Å². The van der Waals surface area contributed by atoms with E-state index in [4.69, 9.17) is 14.9 Å². The molecule has 8 nitrogen and oxygen atoms in total. The second-order valence-electron chi connectivity index (χ2n) is 6.48. The molecular weight excluding hydrogens is 332 g/mol. The third-order valence-electron chi connectivity index (χ3n) is 4.62. The SMILES string of the molecule is C=C(/C=C\C=C/N)N1CCN(Cc2nnc(CN3CCOCC3)o2)CC1. The van der Waals surface area contributed by atoms with E-state index in [1.165, 1.54) is 6.20 Å². The number of ether oxygens (including phenoxy) is 1. The predicted molar refractivity (Wildman–Crippen MR) is 98.9 cm³/mol. The molecule has 2 aliphatic heterocycles. The fourth-order valence-electron chi connectivity index (χ4n) is 3.09. The van der Waals surface area contributed by atoms with Gasteiger partial charge in [-0.2, -0.15) is 0 Å². The molecule has 1 aromatic rings. The maximum Gasteiger partial charge on any atom is 0.230 e. The molecule has 0 amide bonds. The van der Waals surface area contributed by atoms with Crippen molar-refractivity contribution in [2.24, 2.45) is 5.73 Å². The first-order valence-corrected chi connectivity index (χ1v) is 9.07. The molecule has 2 saturated heterocycles. The number of nitrogens with two attached hydrogens (primary N) is 1. The van der Waals surface area contributed by atoms with Crippen molar-refractivity contribution in [1.82, 2.24) is 24.9 Å². The molecule has 0 aromatic carbocycles. The summed E-state index contributed by atoms with van der Waals surface area (Å²) in [5.41, 5.74) is 6.34. The van der Waals surface area contributed by atoms with Gasteiger partial charge in [0.25, 0.3) is 0 Å². The fourth-order valence-corrected chi connectivity index (χ4v) is 3.09. The van der Waals surface area contributed by atoms with Crippen LogP contribution in [0, 0.1) is 0 Å². The molecule has 0 atom stereocenters. The van der Waals surface area contributed by atoms with Crippen molar-refractivity contribution in [3.63, 3.8) is 0 Å². The minimum absolute atomic E-state index is 0.687. The van der Waals surface area contributed by atoms with Crippen molar-refractivity contribution in [2.45, 2.75) is 13.1 Å². The highest BCUT2D eigenvalue weighted by atomic mass is 16.5. The highest BCUT2D eigenvalue weighted by molar-refractivity contribution is 5.18. The normalized spacial score (nSPS) is 20.4. The van der Waals surface area contributed by atoms with E-state index in [1.54, 1.807) is 6.08 Å². The van der Waals surface area contributed by atoms with Crippen LogP contribution in [0.1, 0.15) is 11.8 Å². The van der Waals surface area contributed by atoms with Crippen LogP contribution in [0.25, 0.3) is 0 Å². The minimum Gasteiger partial charge on any atom is -0.422 e. The Morgan fingerprint density at radius 2 is 1.58 bits per heavy atom. The van der Waals surface area contributed by atoms with E-state index >= 15 is 0 Å². The zero-order valence-electron chi connectivity index (χ0n) is 15.2. The van der Waals surface area contributed by atoms with Crippen molar-refractivity contribution < 1.29 is 9.15 Å². The molecule has 26 heavy (non-hydrogen) atoms. The summed E-state index contributed by atoms with van der Waals surface area (Å²) in [6.45, 7) is 12.6. The van der Waals surface area contributed by atoms with E-state index in [0.717, 1.165) is 58.2 Å². The molecule has 0 unspecified atom stereocenters. The van der Waals surface area contributed by atoms with E-state index in [1.807, 2.05) is 12.2 Å². The third kappa shape index (κ3) is 5.42. The van der Waals surface area contributed by atoms with Crippen LogP contribution in [0.4, 0.5) is 0 Å². The Morgan fingerprint density at radius 3 is 2.19 bits per heavy atom. The summed E-state index contributed by atoms with van der Waals surface area (Å²) in [5, 5.41) is 8.39. The molecule has 0 bridgehead atoms. The number of aromatic nitrogens is 2. The number of rotatable bonds is 7. The summed E-state index contributed by atoms with van der Waals surface area (Å²) in [6.07, 6.45) is 7.20. The predicted octanol–water partition coefficient (Wildman–Crippen LogP) is 0.562. The molecule has 3 rings (SSSR count). The van der Waals surface area contributed by atoms with Gasteiger partial charge in [-0.05, 0) is 18.4 Å². The van der Waals surface area contributed by atoms with E-state index in [2.05, 4.69) is 31.5 Å². The van der Waals surface area contributed by atoms with Gasteiger partial charge in [-0.25, -0.2) is 0 Å². The first-order chi connectivity index (χ1) is 12.7. The Kier molecular flexibility index (Phi) is 6.82. The number of piperazine rings is 1. The largest absolute Gasteiger partial charge is 0.422 e. The second kappa shape index (κ2) is 9.51. The second-order valence-corrected chi connectivity index (χ2v) is 6.48. The number of hydrogen-bond acceptors (Lipinski definition) is 8. The quantitative estimate of drug-likeness (QED) is 0.706. The van der Waals surface area contributed by atoms with Crippen LogP contribution in [0.3, 0.4) is 0 Å². The first-order valence-electron chi connectivity index (χ1n) is 9.07. The standard InChI is InChI=1S/C18H28N6O2/c1-16(4-2-3-5-19)24-8-6-22(7-9-24)14-17-20-21-18(26-17)15-23-10-12-25-13-11-23/h2-5H,1,6-15,19H2/b4-2-,5-3-. The zero-order valence-corrected chi connectivity index (χ0v) is 15.2. The zero-order chi connectivity index (χ0) is 18.2. The molecule has 0 aliphatic carbocycles. The van der Waals surface area contributed by atoms with Crippen LogP contribution in [-0.2, 0) is 17.8 Å². The summed E-state index contributed by atoms with van der Waals surface area (Å²) in [7, 11) is 0. The third-order valence-corrected chi connectivity index (χ3v) is 4.62. The molecule has 0 saturated carbocycles. The van der Waals surface area contributed by atoms with Crippen molar-refractivity contribution in [3.05, 3.63) is 48.5 Å². The summed E-state index contributed by atoms with van der Waals surface area (Å²) < 4.78 is 11.2. The highest BCUT2D eigenvalue weighted by Crippen LogP contribution is 2.13. The lowest BCUT2D eigenvalue weighted by Gasteiger charge is -2.35. The van der Waals surface area contributed by atoms with Gasteiger partial charge < -0.3 is 19.8 Å². The molecule has 3 heterocycles. The van der Waals surface area contributed by atoms with Gasteiger partial charge in [-0.1, -0.05) is 12.7 Å². The average molecular weight is 360 g/mol. The Morgan fingerprint density at radius 1 is 0.962 bits per heavy atom. The topological polar surface area (TPSA) is 83.9 Å². The summed E-state index contributed by atoms with van der Waals surface area (Å²) >= 11 is 0. The molecule has 2 fully saturated rings. The lowest BCUT2D eigenvalue weighted by molar-refractivity contribution is 0.0302. The van der Waals surface area contributed by atoms with Gasteiger partial charge in [-0.15, -0.1) is 10.2 Å². The number of allylic oxidation sites excluding steroid dienone is 3. The molecule has 8 heteroatoms. The van der Waals surface area contributed by atoms with Crippen LogP contribution in [0.15, 0.2) is 41.1 Å². The molecule has 0 spiro atoms. The molecule has 1 aromatic heterocycles. The van der Waals surface area contributed by atoms with Crippen LogP contribution in [0.2, 0.25) is 0 Å². The smallest absolute Gasteiger partial charge is 0.230 e. The highest BCUT2D eigenvalue weighted by Gasteiger charge is 2.20. The van der Waals surface area contributed by atoms with Crippen LogP contribution in [0.5, 0.6) is 0 Å². The number of hydrogen-bond donors (Lipinski definition) is 1. The monoisotopic (exact) mass is 360 g/mol. The van der Waals surface area contributed by atoms with Gasteiger partial charge in [0.2, 0.25) is 11.8 Å². The van der Waals surface area contributed by atoms with E-state index < -0.39 is 0 Å². The van der Waals surface area contributed by atoms with Gasteiger partial charge in [0.05, 0.1) is 26.3 Å². The number of morpholine rings is 1. The maximum atomic E-state index is 5.82. The molecule has 0 radical (unpaired) electrons. The summed E-state index contributed by atoms with van der Waals surface area (Å²) in [4.78, 5) is 6.88. The van der Waals surface area contributed by atoms with Crippen molar-refractivity contribution in [2.75, 3.05) is 52.5 Å². The van der Waals surface area contributed by atoms with Crippen LogP contribution in [-0.4, -0.2) is 77.4 Å². The van der Waals surface area contributed by atoms with Crippen molar-refractivity contribution in [1.29, 1.82) is 0 Å². The molecular formula is C18H28N6O2. The van der Waals surface area contributed by atoms with Gasteiger partial charge >= 0.3 is 0 Å². The lowest BCUT2D eigenvalue weighted by atomic mass is 10.2.